The van der Waals surface area contributed by atoms with Gasteiger partial charge in [0.15, 0.2) is 0 Å². The van der Waals surface area contributed by atoms with Crippen LogP contribution in [0.5, 0.6) is 5.75 Å². The zero-order valence-electron chi connectivity index (χ0n) is 12.3. The number of rotatable bonds is 5. The van der Waals surface area contributed by atoms with Gasteiger partial charge in [-0.25, -0.2) is 5.43 Å². The van der Waals surface area contributed by atoms with Gasteiger partial charge >= 0.3 is 5.97 Å². The van der Waals surface area contributed by atoms with Gasteiger partial charge in [0.1, 0.15) is 5.75 Å². The Morgan fingerprint density at radius 3 is 2.50 bits per heavy atom. The Balaban J connectivity index is 1.93. The Morgan fingerprint density at radius 1 is 1.18 bits per heavy atom. The lowest BCUT2D eigenvalue weighted by Gasteiger charge is -2.04. The Morgan fingerprint density at radius 2 is 1.91 bits per heavy atom. The maximum atomic E-state index is 11.8. The molecule has 0 aliphatic rings. The molecule has 1 heterocycles. The number of carbonyl (C=O) groups is 2. The Kier molecular flexibility index (Phi) is 5.43. The molecule has 0 bridgehead atoms. The number of hydrogen-bond acceptors (Lipinski definition) is 5. The number of thiophene rings is 1. The van der Waals surface area contributed by atoms with Crippen LogP contribution in [0.15, 0.2) is 46.9 Å². The second-order valence-corrected chi connectivity index (χ2v) is 5.64. The Hall–Kier alpha value is -2.47. The standard InChI is InChI=1S/C16H16N2O3S/c1-11(13-5-7-14(8-6-13)21-12(2)19)17-18-16(20)10-15-4-3-9-22-15/h3-9H,10H2,1-2H3,(H,18,20). The summed E-state index contributed by atoms with van der Waals surface area (Å²) in [6.45, 7) is 3.15. The van der Waals surface area contributed by atoms with E-state index >= 15 is 0 Å². The topological polar surface area (TPSA) is 67.8 Å². The average Bonchev–Trinajstić information content (AvgIpc) is 2.98. The highest BCUT2D eigenvalue weighted by molar-refractivity contribution is 7.10. The predicted molar refractivity (Wildman–Crippen MR) is 86.1 cm³/mol. The van der Waals surface area contributed by atoms with E-state index in [-0.39, 0.29) is 11.9 Å². The molecule has 0 unspecified atom stereocenters. The Bertz CT molecular complexity index is 676. The van der Waals surface area contributed by atoms with E-state index in [9.17, 15) is 9.59 Å². The van der Waals surface area contributed by atoms with Gasteiger partial charge in [-0.05, 0) is 48.2 Å². The summed E-state index contributed by atoms with van der Waals surface area (Å²) in [7, 11) is 0. The van der Waals surface area contributed by atoms with Gasteiger partial charge in [-0.2, -0.15) is 5.10 Å². The van der Waals surface area contributed by atoms with Crippen LogP contribution in [0.4, 0.5) is 0 Å². The first-order chi connectivity index (χ1) is 10.5. The molecule has 0 saturated heterocycles. The molecule has 1 aromatic heterocycles. The fourth-order valence-electron chi connectivity index (χ4n) is 1.75. The fraction of sp³-hybridized carbons (Fsp3) is 0.188. The van der Waals surface area contributed by atoms with Gasteiger partial charge in [0.05, 0.1) is 12.1 Å². The van der Waals surface area contributed by atoms with Gasteiger partial charge in [0.2, 0.25) is 5.91 Å². The molecular weight excluding hydrogens is 300 g/mol. The van der Waals surface area contributed by atoms with Crippen LogP contribution in [0.3, 0.4) is 0 Å². The van der Waals surface area contributed by atoms with E-state index in [1.54, 1.807) is 31.2 Å². The number of amides is 1. The van der Waals surface area contributed by atoms with Gasteiger partial charge in [-0.1, -0.05) is 6.07 Å². The molecule has 114 valence electrons. The third-order valence-electron chi connectivity index (χ3n) is 2.80. The molecule has 0 atom stereocenters. The van der Waals surface area contributed by atoms with Crippen LogP contribution in [-0.2, 0) is 16.0 Å². The van der Waals surface area contributed by atoms with Crippen LogP contribution in [0.2, 0.25) is 0 Å². The fourth-order valence-corrected chi connectivity index (χ4v) is 2.46. The van der Waals surface area contributed by atoms with E-state index in [4.69, 9.17) is 4.74 Å². The summed E-state index contributed by atoms with van der Waals surface area (Å²) in [6.07, 6.45) is 0.319. The number of nitrogens with one attached hydrogen (secondary N) is 1. The summed E-state index contributed by atoms with van der Waals surface area (Å²) in [4.78, 5) is 23.6. The molecule has 0 fully saturated rings. The smallest absolute Gasteiger partial charge is 0.308 e. The maximum Gasteiger partial charge on any atom is 0.308 e. The van der Waals surface area contributed by atoms with Gasteiger partial charge < -0.3 is 4.74 Å². The van der Waals surface area contributed by atoms with E-state index in [0.717, 1.165) is 10.4 Å². The van der Waals surface area contributed by atoms with Crippen molar-refractivity contribution in [3.05, 3.63) is 52.2 Å². The van der Waals surface area contributed by atoms with Crippen molar-refractivity contribution in [3.63, 3.8) is 0 Å². The SMILES string of the molecule is CC(=O)Oc1ccc(C(C)=NNC(=O)Cc2cccs2)cc1. The lowest BCUT2D eigenvalue weighted by Crippen LogP contribution is -2.20. The first-order valence-electron chi connectivity index (χ1n) is 6.69. The van der Waals surface area contributed by atoms with Crippen LogP contribution >= 0.6 is 11.3 Å². The second kappa shape index (κ2) is 7.51. The minimum absolute atomic E-state index is 0.154. The van der Waals surface area contributed by atoms with Gasteiger partial charge in [-0.15, -0.1) is 11.3 Å². The summed E-state index contributed by atoms with van der Waals surface area (Å²) in [5.41, 5.74) is 4.05. The van der Waals surface area contributed by atoms with Crippen molar-refractivity contribution in [1.29, 1.82) is 0 Å². The largest absolute Gasteiger partial charge is 0.427 e. The molecule has 5 nitrogen and oxygen atoms in total. The van der Waals surface area contributed by atoms with Gasteiger partial charge in [0, 0.05) is 11.8 Å². The molecule has 0 spiro atoms. The normalized spacial score (nSPS) is 11.1. The molecule has 1 N–H and O–H groups in total. The van der Waals surface area contributed by atoms with Crippen molar-refractivity contribution in [1.82, 2.24) is 5.43 Å². The van der Waals surface area contributed by atoms with Crippen LogP contribution in [-0.4, -0.2) is 17.6 Å². The summed E-state index contributed by atoms with van der Waals surface area (Å²) < 4.78 is 4.96. The highest BCUT2D eigenvalue weighted by Gasteiger charge is 2.04. The van der Waals surface area contributed by atoms with Crippen LogP contribution in [0.25, 0.3) is 0 Å². The number of benzene rings is 1. The molecule has 1 amide bonds. The molecule has 22 heavy (non-hydrogen) atoms. The molecule has 0 aliphatic carbocycles. The molecule has 2 rings (SSSR count). The third kappa shape index (κ3) is 4.82. The zero-order valence-corrected chi connectivity index (χ0v) is 13.1. The van der Waals surface area contributed by atoms with E-state index in [1.807, 2.05) is 17.5 Å². The lowest BCUT2D eigenvalue weighted by molar-refractivity contribution is -0.131. The minimum Gasteiger partial charge on any atom is -0.427 e. The lowest BCUT2D eigenvalue weighted by atomic mass is 10.1. The molecular formula is C16H16N2O3S. The number of hydrazone groups is 1. The van der Waals surface area contributed by atoms with Crippen molar-refractivity contribution in [2.45, 2.75) is 20.3 Å². The average molecular weight is 316 g/mol. The first-order valence-corrected chi connectivity index (χ1v) is 7.57. The highest BCUT2D eigenvalue weighted by atomic mass is 32.1. The summed E-state index contributed by atoms with van der Waals surface area (Å²) in [6, 6.07) is 10.7. The third-order valence-corrected chi connectivity index (χ3v) is 3.67. The molecule has 2 aromatic rings. The molecule has 0 radical (unpaired) electrons. The van der Waals surface area contributed by atoms with Crippen molar-refractivity contribution in [2.75, 3.05) is 0 Å². The molecule has 0 saturated carbocycles. The van der Waals surface area contributed by atoms with E-state index in [1.165, 1.54) is 18.3 Å². The van der Waals surface area contributed by atoms with Crippen molar-refractivity contribution in [2.24, 2.45) is 5.10 Å². The quantitative estimate of drug-likeness (QED) is 0.399. The Labute approximate surface area is 132 Å². The summed E-state index contributed by atoms with van der Waals surface area (Å²) in [5, 5.41) is 6.01. The van der Waals surface area contributed by atoms with Crippen molar-refractivity contribution >= 4 is 28.9 Å². The highest BCUT2D eigenvalue weighted by Crippen LogP contribution is 2.13. The number of carbonyl (C=O) groups excluding carboxylic acids is 2. The van der Waals surface area contributed by atoms with E-state index < -0.39 is 0 Å². The summed E-state index contributed by atoms with van der Waals surface area (Å²) >= 11 is 1.54. The number of nitrogens with zero attached hydrogens (tertiary/aromatic N) is 1. The van der Waals surface area contributed by atoms with Gasteiger partial charge in [-0.3, -0.25) is 9.59 Å². The van der Waals surface area contributed by atoms with E-state index in [0.29, 0.717) is 17.9 Å². The monoisotopic (exact) mass is 316 g/mol. The summed E-state index contributed by atoms with van der Waals surface area (Å²) in [5.74, 6) is -0.0388. The second-order valence-electron chi connectivity index (χ2n) is 4.61. The molecule has 0 aliphatic heterocycles. The van der Waals surface area contributed by atoms with Crippen LogP contribution in [0.1, 0.15) is 24.3 Å². The van der Waals surface area contributed by atoms with Crippen LogP contribution in [0, 0.1) is 0 Å². The van der Waals surface area contributed by atoms with Crippen molar-refractivity contribution < 1.29 is 14.3 Å². The number of ether oxygens (including phenoxy) is 1. The minimum atomic E-state index is -0.362. The zero-order chi connectivity index (χ0) is 15.9. The van der Waals surface area contributed by atoms with Crippen LogP contribution < -0.4 is 10.2 Å². The number of esters is 1. The molecule has 1 aromatic carbocycles. The van der Waals surface area contributed by atoms with E-state index in [2.05, 4.69) is 10.5 Å². The first kappa shape index (κ1) is 15.9. The molecule has 6 heteroatoms. The predicted octanol–water partition coefficient (Wildman–Crippen LogP) is 2.76. The van der Waals surface area contributed by atoms with Gasteiger partial charge in [0.25, 0.3) is 0 Å². The number of hydrogen-bond donors (Lipinski definition) is 1. The maximum absolute atomic E-state index is 11.8. The van der Waals surface area contributed by atoms with Crippen molar-refractivity contribution in [3.8, 4) is 5.75 Å².